The molecule has 4 heterocycles. The Labute approximate surface area is 178 Å². The van der Waals surface area contributed by atoms with E-state index in [4.69, 9.17) is 14.2 Å². The van der Waals surface area contributed by atoms with Crippen LogP contribution in [0.3, 0.4) is 0 Å². The van der Waals surface area contributed by atoms with Crippen molar-refractivity contribution in [3.8, 4) is 5.75 Å². The summed E-state index contributed by atoms with van der Waals surface area (Å²) in [6, 6.07) is 11.8. The van der Waals surface area contributed by atoms with Crippen molar-refractivity contribution >= 4 is 28.1 Å². The fourth-order valence-electron chi connectivity index (χ4n) is 3.87. The monoisotopic (exact) mass is 425 g/mol. The van der Waals surface area contributed by atoms with E-state index in [9.17, 15) is 4.79 Å². The van der Waals surface area contributed by atoms with Crippen molar-refractivity contribution in [2.75, 3.05) is 26.3 Å². The van der Waals surface area contributed by atoms with Crippen molar-refractivity contribution in [1.82, 2.24) is 15.2 Å². The number of ether oxygens (including phenoxy) is 3. The standard InChI is InChI=1S/C22H23N3O4S/c26-22(24-10-17-4-2-8-30-17)25-11-20-21(12-25)28-14-16(13-27-20)29-19-5-1-3-15-9-23-7-6-18(15)19/h1-9,16,20-21H,10-14H2,(H,24,26)/t20-,21-/m0/s1. The summed E-state index contributed by atoms with van der Waals surface area (Å²) in [6.45, 7) is 2.43. The highest BCUT2D eigenvalue weighted by molar-refractivity contribution is 7.09. The minimum Gasteiger partial charge on any atom is -0.485 e. The molecule has 0 bridgehead atoms. The van der Waals surface area contributed by atoms with Crippen LogP contribution in [0.15, 0.2) is 54.2 Å². The molecule has 7 nitrogen and oxygen atoms in total. The van der Waals surface area contributed by atoms with Crippen LogP contribution < -0.4 is 10.1 Å². The van der Waals surface area contributed by atoms with Gasteiger partial charge in [-0.3, -0.25) is 4.98 Å². The molecular weight excluding hydrogens is 402 g/mol. The summed E-state index contributed by atoms with van der Waals surface area (Å²) in [7, 11) is 0. The molecule has 8 heteroatoms. The zero-order valence-electron chi connectivity index (χ0n) is 16.4. The van der Waals surface area contributed by atoms with Gasteiger partial charge in [-0.1, -0.05) is 18.2 Å². The van der Waals surface area contributed by atoms with Gasteiger partial charge >= 0.3 is 6.03 Å². The number of benzene rings is 1. The van der Waals surface area contributed by atoms with Crippen molar-refractivity contribution < 1.29 is 19.0 Å². The molecule has 2 atom stereocenters. The van der Waals surface area contributed by atoms with Gasteiger partial charge in [0.2, 0.25) is 0 Å². The lowest BCUT2D eigenvalue weighted by atomic mass is 10.1. The number of likely N-dealkylation sites (tertiary alicyclic amines) is 1. The summed E-state index contributed by atoms with van der Waals surface area (Å²) in [5, 5.41) is 7.02. The van der Waals surface area contributed by atoms with Crippen LogP contribution >= 0.6 is 11.3 Å². The molecule has 2 aliphatic rings. The van der Waals surface area contributed by atoms with E-state index in [0.717, 1.165) is 21.4 Å². The van der Waals surface area contributed by atoms with Crippen LogP contribution in [0.25, 0.3) is 10.8 Å². The van der Waals surface area contributed by atoms with Gasteiger partial charge in [0, 0.05) is 28.0 Å². The zero-order valence-corrected chi connectivity index (χ0v) is 17.2. The van der Waals surface area contributed by atoms with Gasteiger partial charge in [-0.25, -0.2) is 4.79 Å². The lowest BCUT2D eigenvalue weighted by molar-refractivity contribution is -0.00461. The highest BCUT2D eigenvalue weighted by atomic mass is 32.1. The molecule has 0 radical (unpaired) electrons. The Morgan fingerprint density at radius 2 is 2.00 bits per heavy atom. The SMILES string of the molecule is O=C(NCc1cccs1)N1C[C@@H]2OCC(Oc3cccc4cnccc34)CO[C@H]2C1. The fraction of sp³-hybridized carbons (Fsp3) is 0.364. The minimum absolute atomic E-state index is 0.0826. The Morgan fingerprint density at radius 3 is 2.77 bits per heavy atom. The van der Waals surface area contributed by atoms with E-state index in [1.54, 1.807) is 22.4 Å². The van der Waals surface area contributed by atoms with Crippen molar-refractivity contribution in [2.45, 2.75) is 24.9 Å². The van der Waals surface area contributed by atoms with Crippen molar-refractivity contribution in [3.05, 3.63) is 59.0 Å². The number of nitrogens with zero attached hydrogens (tertiary/aromatic N) is 2. The summed E-state index contributed by atoms with van der Waals surface area (Å²) in [4.78, 5) is 19.5. The van der Waals surface area contributed by atoms with Crippen molar-refractivity contribution in [2.24, 2.45) is 0 Å². The van der Waals surface area contributed by atoms with Crippen LogP contribution in [0.5, 0.6) is 5.75 Å². The third kappa shape index (κ3) is 4.12. The van der Waals surface area contributed by atoms with Crippen LogP contribution in [-0.2, 0) is 16.0 Å². The molecule has 1 N–H and O–H groups in total. The average molecular weight is 426 g/mol. The van der Waals surface area contributed by atoms with Gasteiger partial charge in [-0.2, -0.15) is 0 Å². The largest absolute Gasteiger partial charge is 0.485 e. The number of nitrogens with one attached hydrogen (secondary N) is 1. The Morgan fingerprint density at radius 1 is 1.17 bits per heavy atom. The van der Waals surface area contributed by atoms with Crippen LogP contribution in [0.2, 0.25) is 0 Å². The second kappa shape index (κ2) is 8.59. The summed E-state index contributed by atoms with van der Waals surface area (Å²) in [5.74, 6) is 0.800. The Kier molecular flexibility index (Phi) is 5.52. The number of aromatic nitrogens is 1. The third-order valence-electron chi connectivity index (χ3n) is 5.42. The van der Waals surface area contributed by atoms with Gasteiger partial charge < -0.3 is 24.4 Å². The predicted octanol–water partition coefficient (Wildman–Crippen LogP) is 3.05. The van der Waals surface area contributed by atoms with E-state index in [2.05, 4.69) is 10.3 Å². The van der Waals surface area contributed by atoms with Gasteiger partial charge in [0.05, 0.1) is 32.8 Å². The number of thiophene rings is 1. The molecule has 2 fully saturated rings. The number of hydrogen-bond donors (Lipinski definition) is 1. The number of urea groups is 1. The lowest BCUT2D eigenvalue weighted by Crippen LogP contribution is -2.39. The molecule has 1 aromatic carbocycles. The second-order valence-electron chi connectivity index (χ2n) is 7.48. The normalized spacial score (nSPS) is 21.9. The molecular formula is C22H23N3O4S. The van der Waals surface area contributed by atoms with Gasteiger partial charge in [-0.15, -0.1) is 11.3 Å². The van der Waals surface area contributed by atoms with Crippen molar-refractivity contribution in [1.29, 1.82) is 0 Å². The maximum Gasteiger partial charge on any atom is 0.317 e. The number of pyridine rings is 1. The second-order valence-corrected chi connectivity index (χ2v) is 8.51. The molecule has 0 aliphatic carbocycles. The summed E-state index contributed by atoms with van der Waals surface area (Å²) < 4.78 is 18.3. The number of amides is 2. The number of fused-ring (bicyclic) bond motifs is 2. The summed E-state index contributed by atoms with van der Waals surface area (Å²) in [5.41, 5.74) is 0. The predicted molar refractivity (Wildman–Crippen MR) is 114 cm³/mol. The van der Waals surface area contributed by atoms with Gasteiger partial charge in [0.1, 0.15) is 24.1 Å². The number of rotatable bonds is 4. The molecule has 0 unspecified atom stereocenters. The highest BCUT2D eigenvalue weighted by Gasteiger charge is 2.39. The molecule has 0 saturated carbocycles. The van der Waals surface area contributed by atoms with Crippen LogP contribution in [0, 0.1) is 0 Å². The first-order valence-electron chi connectivity index (χ1n) is 10.0. The van der Waals surface area contributed by atoms with Crippen LogP contribution in [0.4, 0.5) is 4.79 Å². The number of hydrogen-bond acceptors (Lipinski definition) is 6. The van der Waals surface area contributed by atoms with E-state index < -0.39 is 0 Å². The molecule has 156 valence electrons. The van der Waals surface area contributed by atoms with E-state index >= 15 is 0 Å². The topological polar surface area (TPSA) is 72.9 Å². The lowest BCUT2D eigenvalue weighted by Gasteiger charge is -2.20. The van der Waals surface area contributed by atoms with Gasteiger partial charge in [-0.05, 0) is 23.6 Å². The zero-order chi connectivity index (χ0) is 20.3. The Hall–Kier alpha value is -2.68. The third-order valence-corrected chi connectivity index (χ3v) is 6.30. The average Bonchev–Trinajstić information content (AvgIpc) is 3.40. The maximum absolute atomic E-state index is 12.5. The summed E-state index contributed by atoms with van der Waals surface area (Å²) in [6.07, 6.45) is 3.11. The molecule has 2 aromatic heterocycles. The first-order chi connectivity index (χ1) is 14.8. The molecule has 3 aromatic rings. The highest BCUT2D eigenvalue weighted by Crippen LogP contribution is 2.27. The fourth-order valence-corrected chi connectivity index (χ4v) is 4.52. The van der Waals surface area contributed by atoms with Gasteiger partial charge in [0.15, 0.2) is 0 Å². The van der Waals surface area contributed by atoms with Crippen LogP contribution in [-0.4, -0.2) is 60.5 Å². The first kappa shape index (κ1) is 19.3. The molecule has 0 spiro atoms. The molecule has 2 amide bonds. The van der Waals surface area contributed by atoms with E-state index in [-0.39, 0.29) is 24.3 Å². The number of carbonyl (C=O) groups is 1. The van der Waals surface area contributed by atoms with E-state index in [0.29, 0.717) is 32.8 Å². The van der Waals surface area contributed by atoms with E-state index in [1.165, 1.54) is 0 Å². The molecule has 2 saturated heterocycles. The Bertz CT molecular complexity index is 991. The molecule has 5 rings (SSSR count). The van der Waals surface area contributed by atoms with Gasteiger partial charge in [0.25, 0.3) is 0 Å². The number of carbonyl (C=O) groups excluding carboxylic acids is 1. The molecule has 30 heavy (non-hydrogen) atoms. The quantitative estimate of drug-likeness (QED) is 0.696. The smallest absolute Gasteiger partial charge is 0.317 e. The summed E-state index contributed by atoms with van der Waals surface area (Å²) >= 11 is 1.63. The van der Waals surface area contributed by atoms with E-state index in [1.807, 2.05) is 48.0 Å². The van der Waals surface area contributed by atoms with Crippen LogP contribution in [0.1, 0.15) is 4.88 Å². The molecule has 2 aliphatic heterocycles. The Balaban J connectivity index is 1.16. The van der Waals surface area contributed by atoms with Crippen molar-refractivity contribution in [3.63, 3.8) is 0 Å². The minimum atomic E-state index is -0.199. The maximum atomic E-state index is 12.5. The first-order valence-corrected chi connectivity index (χ1v) is 10.9.